The highest BCUT2D eigenvalue weighted by Gasteiger charge is 2.22. The van der Waals surface area contributed by atoms with Crippen LogP contribution >= 0.6 is 28.3 Å². The van der Waals surface area contributed by atoms with Crippen LogP contribution in [0.1, 0.15) is 36.0 Å². The highest BCUT2D eigenvalue weighted by molar-refractivity contribution is 9.10. The second-order valence-corrected chi connectivity index (χ2v) is 5.68. The second-order valence-electron chi connectivity index (χ2n) is 4.76. The largest absolute Gasteiger partial charge is 0.303 e. The van der Waals surface area contributed by atoms with Gasteiger partial charge in [-0.3, -0.25) is 4.79 Å². The molecule has 0 amide bonds. The standard InChI is InChI=1S/C14H18BrNO.ClH/c1-16-9-3-2-4-13(16)10-14(17)11-5-7-12(15)8-6-11;/h5-8,13H,2-4,9-10H2,1H3;1H/t13-;/m1./s1. The smallest absolute Gasteiger partial charge is 0.164 e. The molecule has 0 unspecified atom stereocenters. The predicted octanol–water partition coefficient (Wildman–Crippen LogP) is 3.93. The van der Waals surface area contributed by atoms with Gasteiger partial charge in [0.2, 0.25) is 0 Å². The van der Waals surface area contributed by atoms with E-state index in [-0.39, 0.29) is 18.2 Å². The van der Waals surface area contributed by atoms with Crippen molar-refractivity contribution >= 4 is 34.1 Å². The highest BCUT2D eigenvalue weighted by atomic mass is 79.9. The molecule has 0 saturated carbocycles. The highest BCUT2D eigenvalue weighted by Crippen LogP contribution is 2.20. The van der Waals surface area contributed by atoms with Crippen molar-refractivity contribution in [1.29, 1.82) is 0 Å². The molecule has 0 aliphatic carbocycles. The van der Waals surface area contributed by atoms with Crippen molar-refractivity contribution < 1.29 is 4.79 Å². The fourth-order valence-corrected chi connectivity index (χ4v) is 2.63. The number of hydrogen-bond acceptors (Lipinski definition) is 2. The van der Waals surface area contributed by atoms with Gasteiger partial charge in [-0.15, -0.1) is 12.4 Å². The van der Waals surface area contributed by atoms with Gasteiger partial charge in [-0.2, -0.15) is 0 Å². The van der Waals surface area contributed by atoms with E-state index >= 15 is 0 Å². The Kier molecular flexibility index (Phi) is 6.33. The molecule has 2 rings (SSSR count). The van der Waals surface area contributed by atoms with Crippen molar-refractivity contribution in [3.63, 3.8) is 0 Å². The predicted molar refractivity (Wildman–Crippen MR) is 80.6 cm³/mol. The van der Waals surface area contributed by atoms with Crippen LogP contribution in [-0.2, 0) is 0 Å². The second kappa shape index (κ2) is 7.27. The summed E-state index contributed by atoms with van der Waals surface area (Å²) in [4.78, 5) is 14.4. The van der Waals surface area contributed by atoms with Crippen molar-refractivity contribution in [2.45, 2.75) is 31.7 Å². The minimum absolute atomic E-state index is 0. The molecule has 18 heavy (non-hydrogen) atoms. The Balaban J connectivity index is 0.00000162. The SMILES string of the molecule is CN1CCCC[C@@H]1CC(=O)c1ccc(Br)cc1.Cl. The number of nitrogens with zero attached hydrogens (tertiary/aromatic N) is 1. The molecule has 1 aliphatic rings. The van der Waals surface area contributed by atoms with Gasteiger partial charge in [-0.1, -0.05) is 34.5 Å². The van der Waals surface area contributed by atoms with Gasteiger partial charge in [-0.05, 0) is 38.6 Å². The van der Waals surface area contributed by atoms with Gasteiger partial charge in [0.1, 0.15) is 0 Å². The maximum atomic E-state index is 12.1. The number of benzene rings is 1. The average molecular weight is 333 g/mol. The first kappa shape index (κ1) is 15.7. The zero-order chi connectivity index (χ0) is 12.3. The maximum Gasteiger partial charge on any atom is 0.164 e. The molecule has 4 heteroatoms. The zero-order valence-corrected chi connectivity index (χ0v) is 13.0. The van der Waals surface area contributed by atoms with Gasteiger partial charge in [0.05, 0.1) is 0 Å². The molecule has 1 fully saturated rings. The number of likely N-dealkylation sites (tertiary alicyclic amines) is 1. The molecule has 0 radical (unpaired) electrons. The zero-order valence-electron chi connectivity index (χ0n) is 10.6. The van der Waals surface area contributed by atoms with Crippen LogP contribution in [0.2, 0.25) is 0 Å². The number of carbonyl (C=O) groups excluding carboxylic acids is 1. The van der Waals surface area contributed by atoms with E-state index in [1.165, 1.54) is 12.8 Å². The van der Waals surface area contributed by atoms with Crippen LogP contribution in [0.25, 0.3) is 0 Å². The molecule has 1 atom stereocenters. The van der Waals surface area contributed by atoms with Crippen molar-refractivity contribution in [2.75, 3.05) is 13.6 Å². The fraction of sp³-hybridized carbons (Fsp3) is 0.500. The molecule has 1 heterocycles. The number of hydrogen-bond donors (Lipinski definition) is 0. The van der Waals surface area contributed by atoms with Gasteiger partial charge in [-0.25, -0.2) is 0 Å². The summed E-state index contributed by atoms with van der Waals surface area (Å²) in [6.45, 7) is 1.12. The molecule has 1 aromatic rings. The van der Waals surface area contributed by atoms with Gasteiger partial charge in [0.15, 0.2) is 5.78 Å². The summed E-state index contributed by atoms with van der Waals surface area (Å²) in [7, 11) is 2.12. The third-order valence-corrected chi connectivity index (χ3v) is 4.04. The van der Waals surface area contributed by atoms with E-state index in [2.05, 4.69) is 27.9 Å². The number of piperidine rings is 1. The van der Waals surface area contributed by atoms with Crippen LogP contribution in [0, 0.1) is 0 Å². The van der Waals surface area contributed by atoms with E-state index < -0.39 is 0 Å². The van der Waals surface area contributed by atoms with Crippen molar-refractivity contribution in [3.8, 4) is 0 Å². The van der Waals surface area contributed by atoms with Gasteiger partial charge >= 0.3 is 0 Å². The lowest BCUT2D eigenvalue weighted by atomic mass is 9.96. The Morgan fingerprint density at radius 1 is 1.33 bits per heavy atom. The maximum absolute atomic E-state index is 12.1. The molecule has 100 valence electrons. The summed E-state index contributed by atoms with van der Waals surface area (Å²) < 4.78 is 1.02. The molecular weight excluding hydrogens is 314 g/mol. The van der Waals surface area contributed by atoms with Gasteiger partial charge in [0, 0.05) is 22.5 Å². The minimum atomic E-state index is 0. The molecule has 1 saturated heterocycles. The number of rotatable bonds is 3. The van der Waals surface area contributed by atoms with Gasteiger partial charge < -0.3 is 4.90 Å². The summed E-state index contributed by atoms with van der Waals surface area (Å²) in [5, 5.41) is 0. The third kappa shape index (κ3) is 4.08. The quantitative estimate of drug-likeness (QED) is 0.782. The van der Waals surface area contributed by atoms with E-state index in [0.717, 1.165) is 23.0 Å². The van der Waals surface area contributed by atoms with E-state index in [1.807, 2.05) is 24.3 Å². The Hall–Kier alpha value is -0.380. The van der Waals surface area contributed by atoms with Crippen LogP contribution in [-0.4, -0.2) is 30.3 Å². The van der Waals surface area contributed by atoms with Crippen molar-refractivity contribution in [2.24, 2.45) is 0 Å². The Morgan fingerprint density at radius 3 is 2.61 bits per heavy atom. The number of halogens is 2. The van der Waals surface area contributed by atoms with E-state index in [0.29, 0.717) is 12.5 Å². The fourth-order valence-electron chi connectivity index (χ4n) is 2.37. The summed E-state index contributed by atoms with van der Waals surface area (Å²) in [5.41, 5.74) is 0.826. The van der Waals surface area contributed by atoms with E-state index in [1.54, 1.807) is 0 Å². The summed E-state index contributed by atoms with van der Waals surface area (Å²) >= 11 is 3.38. The van der Waals surface area contributed by atoms with Crippen LogP contribution in [0.5, 0.6) is 0 Å². The lowest BCUT2D eigenvalue weighted by Gasteiger charge is -2.31. The molecule has 0 N–H and O–H groups in total. The van der Waals surface area contributed by atoms with Crippen LogP contribution < -0.4 is 0 Å². The molecule has 1 aliphatic heterocycles. The first-order valence-corrected chi connectivity index (χ1v) is 6.95. The first-order valence-electron chi connectivity index (χ1n) is 6.16. The van der Waals surface area contributed by atoms with Gasteiger partial charge in [0.25, 0.3) is 0 Å². The first-order chi connectivity index (χ1) is 8.16. The van der Waals surface area contributed by atoms with E-state index in [9.17, 15) is 4.79 Å². The lowest BCUT2D eigenvalue weighted by molar-refractivity contribution is 0.0906. The monoisotopic (exact) mass is 331 g/mol. The summed E-state index contributed by atoms with van der Waals surface area (Å²) in [6, 6.07) is 8.08. The Bertz CT molecular complexity index is 393. The molecule has 0 spiro atoms. The van der Waals surface area contributed by atoms with Crippen molar-refractivity contribution in [3.05, 3.63) is 34.3 Å². The third-order valence-electron chi connectivity index (χ3n) is 3.51. The Labute approximate surface area is 123 Å². The topological polar surface area (TPSA) is 20.3 Å². The lowest BCUT2D eigenvalue weighted by Crippen LogP contribution is -2.37. The molecule has 1 aromatic carbocycles. The van der Waals surface area contributed by atoms with E-state index in [4.69, 9.17) is 0 Å². The normalized spacial score (nSPS) is 20.2. The Morgan fingerprint density at radius 2 is 2.00 bits per heavy atom. The molecular formula is C14H19BrClNO. The molecule has 0 aromatic heterocycles. The van der Waals surface area contributed by atoms with Crippen LogP contribution in [0.4, 0.5) is 0 Å². The number of ketones is 1. The summed E-state index contributed by atoms with van der Waals surface area (Å²) in [5.74, 6) is 0.260. The molecule has 2 nitrogen and oxygen atoms in total. The minimum Gasteiger partial charge on any atom is -0.303 e. The van der Waals surface area contributed by atoms with Crippen LogP contribution in [0.3, 0.4) is 0 Å². The molecule has 0 bridgehead atoms. The number of carbonyl (C=O) groups is 1. The summed E-state index contributed by atoms with van der Waals surface area (Å²) in [6.07, 6.45) is 4.32. The average Bonchev–Trinajstić information content (AvgIpc) is 2.33. The van der Waals surface area contributed by atoms with Crippen LogP contribution in [0.15, 0.2) is 28.7 Å². The van der Waals surface area contributed by atoms with Crippen molar-refractivity contribution in [1.82, 2.24) is 4.90 Å². The number of Topliss-reactive ketones (excluding diaryl/α,β-unsaturated/α-hetero) is 1.